The zero-order chi connectivity index (χ0) is 20.6. The molecule has 0 saturated carbocycles. The standard InChI is InChI=1S/C18H33F3N6O.HI/c1-3-22-17(23-6-9-24(2)15-18(19,20)21)27-12-10-25(11-13-27)14-16(28)26-7-4-5-8-26;/h3-15H2,1-2H3,(H,22,23);1H. The molecule has 11 heteroatoms. The molecule has 0 bridgehead atoms. The SMILES string of the molecule is CCNC(=NCCN(C)CC(F)(F)F)N1CCN(CC(=O)N2CCCC2)CC1.I. The number of piperazine rings is 1. The molecule has 1 amide bonds. The zero-order valence-electron chi connectivity index (χ0n) is 17.4. The fourth-order valence-electron chi connectivity index (χ4n) is 3.51. The largest absolute Gasteiger partial charge is 0.401 e. The minimum Gasteiger partial charge on any atom is -0.357 e. The van der Waals surface area contributed by atoms with Gasteiger partial charge in [0, 0.05) is 52.4 Å². The lowest BCUT2D eigenvalue weighted by Crippen LogP contribution is -2.54. The number of carbonyl (C=O) groups excluding carboxylic acids is 1. The number of guanidine groups is 1. The predicted molar refractivity (Wildman–Crippen MR) is 119 cm³/mol. The fraction of sp³-hybridized carbons (Fsp3) is 0.889. The number of likely N-dealkylation sites (N-methyl/N-ethyl adjacent to an activating group) is 1. The van der Waals surface area contributed by atoms with E-state index < -0.39 is 12.7 Å². The van der Waals surface area contributed by atoms with Crippen molar-refractivity contribution in [3.05, 3.63) is 0 Å². The van der Waals surface area contributed by atoms with E-state index in [1.54, 1.807) is 0 Å². The number of aliphatic imine (C=N–C) groups is 1. The first kappa shape index (κ1) is 26.2. The molecule has 0 spiro atoms. The molecule has 0 radical (unpaired) electrons. The Hall–Kier alpha value is -0.820. The molecule has 0 unspecified atom stereocenters. The van der Waals surface area contributed by atoms with Gasteiger partial charge in [-0.05, 0) is 26.8 Å². The van der Waals surface area contributed by atoms with Crippen LogP contribution in [-0.4, -0.2) is 117 Å². The van der Waals surface area contributed by atoms with Crippen LogP contribution in [0.1, 0.15) is 19.8 Å². The Morgan fingerprint density at radius 3 is 2.24 bits per heavy atom. The summed E-state index contributed by atoms with van der Waals surface area (Å²) >= 11 is 0. The van der Waals surface area contributed by atoms with Gasteiger partial charge in [0.1, 0.15) is 0 Å². The third kappa shape index (κ3) is 9.69. The molecule has 7 nitrogen and oxygen atoms in total. The van der Waals surface area contributed by atoms with Gasteiger partial charge in [0.25, 0.3) is 0 Å². The summed E-state index contributed by atoms with van der Waals surface area (Å²) in [5.41, 5.74) is 0. The predicted octanol–water partition coefficient (Wildman–Crippen LogP) is 1.30. The van der Waals surface area contributed by atoms with Crippen LogP contribution in [0.3, 0.4) is 0 Å². The van der Waals surface area contributed by atoms with Gasteiger partial charge >= 0.3 is 6.18 Å². The van der Waals surface area contributed by atoms with Crippen LogP contribution < -0.4 is 5.32 Å². The molecule has 0 aliphatic carbocycles. The van der Waals surface area contributed by atoms with Gasteiger partial charge in [0.05, 0.1) is 19.6 Å². The molecule has 2 aliphatic heterocycles. The van der Waals surface area contributed by atoms with Gasteiger partial charge in [-0.3, -0.25) is 19.6 Å². The van der Waals surface area contributed by atoms with E-state index in [2.05, 4.69) is 20.1 Å². The monoisotopic (exact) mass is 534 g/mol. The van der Waals surface area contributed by atoms with Crippen molar-refractivity contribution in [3.8, 4) is 0 Å². The van der Waals surface area contributed by atoms with Gasteiger partial charge in [0.15, 0.2) is 5.96 Å². The van der Waals surface area contributed by atoms with Gasteiger partial charge in [-0.2, -0.15) is 13.2 Å². The lowest BCUT2D eigenvalue weighted by molar-refractivity contribution is -0.142. The number of halogens is 4. The molecular weight excluding hydrogens is 500 g/mol. The topological polar surface area (TPSA) is 54.4 Å². The van der Waals surface area contributed by atoms with Crippen LogP contribution in [-0.2, 0) is 4.79 Å². The molecular formula is C18H34F3IN6O. The van der Waals surface area contributed by atoms with Gasteiger partial charge in [-0.1, -0.05) is 0 Å². The second-order valence-corrected chi connectivity index (χ2v) is 7.44. The lowest BCUT2D eigenvalue weighted by atomic mass is 10.3. The van der Waals surface area contributed by atoms with E-state index in [9.17, 15) is 18.0 Å². The molecule has 0 atom stereocenters. The van der Waals surface area contributed by atoms with Crippen LogP contribution in [0.2, 0.25) is 0 Å². The van der Waals surface area contributed by atoms with Crippen LogP contribution >= 0.6 is 24.0 Å². The third-order valence-electron chi connectivity index (χ3n) is 5.02. The van der Waals surface area contributed by atoms with Crippen LogP contribution in [0.25, 0.3) is 0 Å². The van der Waals surface area contributed by atoms with Gasteiger partial charge < -0.3 is 15.1 Å². The second kappa shape index (κ2) is 12.8. The average Bonchev–Trinajstić information content (AvgIpc) is 3.15. The maximum Gasteiger partial charge on any atom is 0.401 e. The van der Waals surface area contributed by atoms with Gasteiger partial charge in [-0.25, -0.2) is 0 Å². The van der Waals surface area contributed by atoms with E-state index in [-0.39, 0.29) is 36.4 Å². The minimum absolute atomic E-state index is 0. The summed E-state index contributed by atoms with van der Waals surface area (Å²) < 4.78 is 37.2. The number of nitrogens with zero attached hydrogens (tertiary/aromatic N) is 5. The summed E-state index contributed by atoms with van der Waals surface area (Å²) in [7, 11) is 1.45. The first-order valence-corrected chi connectivity index (χ1v) is 10.1. The van der Waals surface area contributed by atoms with Crippen molar-refractivity contribution < 1.29 is 18.0 Å². The molecule has 29 heavy (non-hydrogen) atoms. The summed E-state index contributed by atoms with van der Waals surface area (Å²) in [5, 5.41) is 3.22. The Labute approximate surface area is 188 Å². The van der Waals surface area contributed by atoms with Crippen molar-refractivity contribution in [3.63, 3.8) is 0 Å². The molecule has 0 aromatic heterocycles. The Morgan fingerprint density at radius 1 is 1.07 bits per heavy atom. The maximum atomic E-state index is 12.4. The quantitative estimate of drug-likeness (QED) is 0.304. The normalized spacial score (nSPS) is 18.9. The number of carbonyl (C=O) groups is 1. The molecule has 1 N–H and O–H groups in total. The lowest BCUT2D eigenvalue weighted by Gasteiger charge is -2.36. The number of rotatable bonds is 7. The first-order valence-electron chi connectivity index (χ1n) is 10.1. The number of hydrogen-bond donors (Lipinski definition) is 1. The molecule has 2 saturated heterocycles. The Balaban J connectivity index is 0.00000420. The molecule has 0 aromatic rings. The van der Waals surface area contributed by atoms with E-state index in [1.165, 1.54) is 11.9 Å². The van der Waals surface area contributed by atoms with Crippen molar-refractivity contribution in [2.24, 2.45) is 4.99 Å². The Kier molecular flexibility index (Phi) is 11.6. The van der Waals surface area contributed by atoms with Crippen LogP contribution in [0, 0.1) is 0 Å². The van der Waals surface area contributed by atoms with Crippen molar-refractivity contribution in [1.82, 2.24) is 24.9 Å². The summed E-state index contributed by atoms with van der Waals surface area (Å²) in [6, 6.07) is 0. The maximum absolute atomic E-state index is 12.4. The van der Waals surface area contributed by atoms with Crippen molar-refractivity contribution >= 4 is 35.8 Å². The Bertz CT molecular complexity index is 520. The highest BCUT2D eigenvalue weighted by molar-refractivity contribution is 14.0. The minimum atomic E-state index is -4.19. The summed E-state index contributed by atoms with van der Waals surface area (Å²) in [4.78, 5) is 24.2. The smallest absolute Gasteiger partial charge is 0.357 e. The molecule has 2 fully saturated rings. The summed E-state index contributed by atoms with van der Waals surface area (Å²) in [5.74, 6) is 0.938. The van der Waals surface area contributed by atoms with E-state index >= 15 is 0 Å². The highest BCUT2D eigenvalue weighted by Gasteiger charge is 2.29. The molecule has 0 aromatic carbocycles. The molecule has 170 valence electrons. The first-order chi connectivity index (χ1) is 13.3. The third-order valence-corrected chi connectivity index (χ3v) is 5.02. The second-order valence-electron chi connectivity index (χ2n) is 7.44. The molecule has 2 aliphatic rings. The van der Waals surface area contributed by atoms with Crippen LogP contribution in [0.5, 0.6) is 0 Å². The number of alkyl halides is 3. The number of amides is 1. The van der Waals surface area contributed by atoms with E-state index in [0.717, 1.165) is 58.1 Å². The fourth-order valence-corrected chi connectivity index (χ4v) is 3.51. The van der Waals surface area contributed by atoms with Gasteiger partial charge in [-0.15, -0.1) is 24.0 Å². The number of likely N-dealkylation sites (tertiary alicyclic amines) is 1. The van der Waals surface area contributed by atoms with Crippen LogP contribution in [0.15, 0.2) is 4.99 Å². The Morgan fingerprint density at radius 2 is 1.69 bits per heavy atom. The number of nitrogens with one attached hydrogen (secondary N) is 1. The average molecular weight is 534 g/mol. The van der Waals surface area contributed by atoms with Crippen LogP contribution in [0.4, 0.5) is 13.2 Å². The van der Waals surface area contributed by atoms with Crippen molar-refractivity contribution in [2.45, 2.75) is 25.9 Å². The van der Waals surface area contributed by atoms with Crippen molar-refractivity contribution in [1.29, 1.82) is 0 Å². The van der Waals surface area contributed by atoms with Gasteiger partial charge in [0.2, 0.25) is 5.91 Å². The number of hydrogen-bond acceptors (Lipinski definition) is 4. The molecule has 2 heterocycles. The van der Waals surface area contributed by atoms with E-state index in [4.69, 9.17) is 0 Å². The summed E-state index contributed by atoms with van der Waals surface area (Å²) in [6.45, 7) is 7.55. The highest BCUT2D eigenvalue weighted by Crippen LogP contribution is 2.15. The van der Waals surface area contributed by atoms with Crippen molar-refractivity contribution in [2.75, 3.05) is 79.0 Å². The molecule has 2 rings (SSSR count). The zero-order valence-corrected chi connectivity index (χ0v) is 19.7. The highest BCUT2D eigenvalue weighted by atomic mass is 127. The van der Waals surface area contributed by atoms with E-state index in [1.807, 2.05) is 11.8 Å². The summed E-state index contributed by atoms with van der Waals surface area (Å²) in [6.07, 6.45) is -1.99. The van der Waals surface area contributed by atoms with E-state index in [0.29, 0.717) is 19.6 Å².